The van der Waals surface area contributed by atoms with Gasteiger partial charge in [-0.05, 0) is 44.1 Å². The van der Waals surface area contributed by atoms with Gasteiger partial charge in [-0.2, -0.15) is 0 Å². The minimum atomic E-state index is -0.222. The normalized spacial score (nSPS) is 10.9. The maximum absolute atomic E-state index is 13.7. The molecule has 0 radical (unpaired) electrons. The van der Waals surface area contributed by atoms with E-state index in [4.69, 9.17) is 5.73 Å². The van der Waals surface area contributed by atoms with Gasteiger partial charge >= 0.3 is 0 Å². The van der Waals surface area contributed by atoms with E-state index in [0.29, 0.717) is 17.8 Å². The molecule has 0 unspecified atom stereocenters. The SMILES string of the molecule is CN(CCCc1ccccc1)Cc1c(N)cccc1F. The molecule has 2 rings (SSSR count). The lowest BCUT2D eigenvalue weighted by Crippen LogP contribution is -2.21. The number of nitrogens with zero attached hydrogens (tertiary/aromatic N) is 1. The fourth-order valence-electron chi connectivity index (χ4n) is 2.29. The highest BCUT2D eigenvalue weighted by molar-refractivity contribution is 5.47. The molecule has 106 valence electrons. The molecule has 20 heavy (non-hydrogen) atoms. The Hall–Kier alpha value is -1.87. The second-order valence-electron chi connectivity index (χ2n) is 5.13. The van der Waals surface area contributed by atoms with Gasteiger partial charge in [-0.3, -0.25) is 0 Å². The Morgan fingerprint density at radius 3 is 2.50 bits per heavy atom. The van der Waals surface area contributed by atoms with Crippen molar-refractivity contribution in [2.75, 3.05) is 19.3 Å². The molecule has 0 aliphatic rings. The molecule has 0 saturated carbocycles. The van der Waals surface area contributed by atoms with Crippen molar-refractivity contribution in [1.29, 1.82) is 0 Å². The van der Waals surface area contributed by atoms with E-state index in [1.165, 1.54) is 11.6 Å². The number of nitrogens with two attached hydrogens (primary N) is 1. The first-order valence-corrected chi connectivity index (χ1v) is 6.92. The first kappa shape index (κ1) is 14.5. The lowest BCUT2D eigenvalue weighted by Gasteiger charge is -2.18. The number of hydrogen-bond donors (Lipinski definition) is 1. The Morgan fingerprint density at radius 1 is 1.05 bits per heavy atom. The predicted octanol–water partition coefficient (Wildman–Crippen LogP) is 3.47. The van der Waals surface area contributed by atoms with Gasteiger partial charge in [0.25, 0.3) is 0 Å². The van der Waals surface area contributed by atoms with Crippen LogP contribution in [-0.2, 0) is 13.0 Å². The molecular weight excluding hydrogens is 251 g/mol. The molecule has 0 aromatic heterocycles. The average molecular weight is 272 g/mol. The highest BCUT2D eigenvalue weighted by Crippen LogP contribution is 2.17. The average Bonchev–Trinajstić information content (AvgIpc) is 2.44. The van der Waals surface area contributed by atoms with Crippen molar-refractivity contribution in [3.05, 3.63) is 65.5 Å². The second-order valence-corrected chi connectivity index (χ2v) is 5.13. The summed E-state index contributed by atoms with van der Waals surface area (Å²) < 4.78 is 13.7. The number of aryl methyl sites for hydroxylation is 1. The first-order chi connectivity index (χ1) is 9.66. The molecule has 0 aliphatic carbocycles. The molecule has 0 amide bonds. The van der Waals surface area contributed by atoms with Crippen LogP contribution in [0.15, 0.2) is 48.5 Å². The highest BCUT2D eigenvalue weighted by atomic mass is 19.1. The molecule has 0 atom stereocenters. The van der Waals surface area contributed by atoms with Gasteiger partial charge in [-0.15, -0.1) is 0 Å². The highest BCUT2D eigenvalue weighted by Gasteiger charge is 2.08. The molecule has 0 heterocycles. The van der Waals surface area contributed by atoms with Crippen LogP contribution in [0.3, 0.4) is 0 Å². The van der Waals surface area contributed by atoms with Gasteiger partial charge in [0, 0.05) is 17.8 Å². The third kappa shape index (κ3) is 4.07. The van der Waals surface area contributed by atoms with Crippen LogP contribution in [0.5, 0.6) is 0 Å². The zero-order chi connectivity index (χ0) is 14.4. The lowest BCUT2D eigenvalue weighted by molar-refractivity contribution is 0.317. The maximum atomic E-state index is 13.7. The Balaban J connectivity index is 1.82. The van der Waals surface area contributed by atoms with E-state index in [2.05, 4.69) is 29.2 Å². The Kier molecular flexibility index (Phi) is 5.13. The van der Waals surface area contributed by atoms with Crippen molar-refractivity contribution >= 4 is 5.69 Å². The second kappa shape index (κ2) is 7.06. The Labute approximate surface area is 120 Å². The number of hydrogen-bond acceptors (Lipinski definition) is 2. The first-order valence-electron chi connectivity index (χ1n) is 6.92. The number of benzene rings is 2. The van der Waals surface area contributed by atoms with Crippen LogP contribution >= 0.6 is 0 Å². The molecule has 2 aromatic carbocycles. The number of rotatable bonds is 6. The minimum absolute atomic E-state index is 0.222. The maximum Gasteiger partial charge on any atom is 0.129 e. The van der Waals surface area contributed by atoms with Crippen LogP contribution in [0, 0.1) is 5.82 Å². The Morgan fingerprint density at radius 2 is 1.80 bits per heavy atom. The zero-order valence-corrected chi connectivity index (χ0v) is 11.8. The van der Waals surface area contributed by atoms with E-state index in [0.717, 1.165) is 19.4 Å². The van der Waals surface area contributed by atoms with E-state index in [9.17, 15) is 4.39 Å². The van der Waals surface area contributed by atoms with E-state index in [-0.39, 0.29) is 5.82 Å². The fourth-order valence-corrected chi connectivity index (χ4v) is 2.29. The smallest absolute Gasteiger partial charge is 0.129 e. The van der Waals surface area contributed by atoms with Gasteiger partial charge in [0.2, 0.25) is 0 Å². The zero-order valence-electron chi connectivity index (χ0n) is 11.8. The number of halogens is 1. The van der Waals surface area contributed by atoms with Crippen molar-refractivity contribution < 1.29 is 4.39 Å². The third-order valence-corrected chi connectivity index (χ3v) is 3.43. The summed E-state index contributed by atoms with van der Waals surface area (Å²) in [6.45, 7) is 1.47. The number of nitrogen functional groups attached to an aromatic ring is 1. The molecule has 0 fully saturated rings. The largest absolute Gasteiger partial charge is 0.398 e. The van der Waals surface area contributed by atoms with Crippen molar-refractivity contribution in [2.45, 2.75) is 19.4 Å². The van der Waals surface area contributed by atoms with Gasteiger partial charge < -0.3 is 10.6 Å². The predicted molar refractivity (Wildman–Crippen MR) is 81.9 cm³/mol. The molecule has 2 aromatic rings. The van der Waals surface area contributed by atoms with E-state index >= 15 is 0 Å². The summed E-state index contributed by atoms with van der Waals surface area (Å²) in [5.41, 5.74) is 8.28. The molecular formula is C17H21FN2. The van der Waals surface area contributed by atoms with Gasteiger partial charge in [0.1, 0.15) is 5.82 Å². The van der Waals surface area contributed by atoms with E-state index in [1.807, 2.05) is 13.1 Å². The third-order valence-electron chi connectivity index (χ3n) is 3.43. The minimum Gasteiger partial charge on any atom is -0.398 e. The van der Waals surface area contributed by atoms with Crippen LogP contribution in [-0.4, -0.2) is 18.5 Å². The standard InChI is InChI=1S/C17H21FN2/c1-20(12-6-9-14-7-3-2-4-8-14)13-15-16(18)10-5-11-17(15)19/h2-5,7-8,10-11H,6,9,12-13,19H2,1H3. The summed E-state index contributed by atoms with van der Waals surface area (Å²) in [4.78, 5) is 2.11. The van der Waals surface area contributed by atoms with Crippen molar-refractivity contribution in [3.8, 4) is 0 Å². The van der Waals surface area contributed by atoms with Crippen molar-refractivity contribution in [2.24, 2.45) is 0 Å². The van der Waals surface area contributed by atoms with Crippen LogP contribution < -0.4 is 5.73 Å². The van der Waals surface area contributed by atoms with E-state index in [1.54, 1.807) is 12.1 Å². The monoisotopic (exact) mass is 272 g/mol. The molecule has 0 aliphatic heterocycles. The van der Waals surface area contributed by atoms with E-state index < -0.39 is 0 Å². The number of anilines is 1. The molecule has 0 saturated heterocycles. The molecule has 0 bridgehead atoms. The molecule has 2 nitrogen and oxygen atoms in total. The van der Waals surface area contributed by atoms with Gasteiger partial charge in [0.15, 0.2) is 0 Å². The van der Waals surface area contributed by atoms with Crippen LogP contribution in [0.2, 0.25) is 0 Å². The van der Waals surface area contributed by atoms with Crippen LogP contribution in [0.4, 0.5) is 10.1 Å². The summed E-state index contributed by atoms with van der Waals surface area (Å²) in [5.74, 6) is -0.222. The Bertz CT molecular complexity index is 520. The summed E-state index contributed by atoms with van der Waals surface area (Å²) in [7, 11) is 2.00. The van der Waals surface area contributed by atoms with Crippen molar-refractivity contribution in [3.63, 3.8) is 0 Å². The summed E-state index contributed by atoms with van der Waals surface area (Å²) in [5, 5.41) is 0. The van der Waals surface area contributed by atoms with Gasteiger partial charge in [-0.1, -0.05) is 36.4 Å². The molecule has 2 N–H and O–H groups in total. The summed E-state index contributed by atoms with van der Waals surface area (Å²) in [6, 6.07) is 15.3. The quantitative estimate of drug-likeness (QED) is 0.816. The summed E-state index contributed by atoms with van der Waals surface area (Å²) >= 11 is 0. The lowest BCUT2D eigenvalue weighted by atomic mass is 10.1. The summed E-state index contributed by atoms with van der Waals surface area (Å²) in [6.07, 6.45) is 2.09. The van der Waals surface area contributed by atoms with Gasteiger partial charge in [-0.25, -0.2) is 4.39 Å². The molecule has 0 spiro atoms. The topological polar surface area (TPSA) is 29.3 Å². The molecule has 3 heteroatoms. The van der Waals surface area contributed by atoms with Gasteiger partial charge in [0.05, 0.1) is 0 Å². The van der Waals surface area contributed by atoms with Crippen molar-refractivity contribution in [1.82, 2.24) is 4.90 Å². The van der Waals surface area contributed by atoms with Crippen LogP contribution in [0.1, 0.15) is 17.5 Å². The fraction of sp³-hybridized carbons (Fsp3) is 0.294. The van der Waals surface area contributed by atoms with Crippen LogP contribution in [0.25, 0.3) is 0 Å².